The molecule has 190 valence electrons. The Balaban J connectivity index is 0.000000795. The number of hydrogen-bond acceptors (Lipinski definition) is 8. The van der Waals surface area contributed by atoms with Crippen molar-refractivity contribution in [3.05, 3.63) is 34.1 Å². The first kappa shape index (κ1) is 27.2. The molecule has 10 heteroatoms. The molecule has 0 radical (unpaired) electrons. The van der Waals surface area contributed by atoms with Gasteiger partial charge in [-0.25, -0.2) is 9.97 Å². The number of fused-ring (bicyclic) bond motifs is 1. The molecule has 1 aromatic carbocycles. The number of morpholine rings is 1. The normalized spacial score (nSPS) is 17.7. The zero-order chi connectivity index (χ0) is 25.7. The molecule has 4 rings (SSSR count). The molecule has 3 aromatic rings. The van der Waals surface area contributed by atoms with Crippen molar-refractivity contribution in [2.24, 2.45) is 0 Å². The summed E-state index contributed by atoms with van der Waals surface area (Å²) in [5.74, 6) is 2.03. The first-order valence-corrected chi connectivity index (χ1v) is 12.1. The highest BCUT2D eigenvalue weighted by Gasteiger charge is 2.27. The lowest BCUT2D eigenvalue weighted by Gasteiger charge is -2.36. The Morgan fingerprint density at radius 3 is 2.09 bits per heavy atom. The second-order valence-corrected chi connectivity index (χ2v) is 8.99. The van der Waals surface area contributed by atoms with Gasteiger partial charge < -0.3 is 23.8 Å². The monoisotopic (exact) mass is 522 g/mol. The van der Waals surface area contributed by atoms with Gasteiger partial charge >= 0.3 is 0 Å². The summed E-state index contributed by atoms with van der Waals surface area (Å²) in [7, 11) is 4.75. The fourth-order valence-electron chi connectivity index (χ4n) is 3.91. The second kappa shape index (κ2) is 12.0. The number of pyridine rings is 1. The van der Waals surface area contributed by atoms with Crippen LogP contribution in [0.4, 0.5) is 5.82 Å². The number of methoxy groups -OCH3 is 3. The molecule has 1 fully saturated rings. The number of aromatic nitrogens is 3. The fraction of sp³-hybridized carbons (Fsp3) is 0.480. The predicted octanol–water partition coefficient (Wildman–Crippen LogP) is 5.59. The minimum absolute atomic E-state index is 0.0734. The van der Waals surface area contributed by atoms with E-state index in [2.05, 4.69) is 28.5 Å². The Kier molecular flexibility index (Phi) is 9.35. The van der Waals surface area contributed by atoms with Gasteiger partial charge in [0, 0.05) is 44.0 Å². The van der Waals surface area contributed by atoms with Gasteiger partial charge in [-0.3, -0.25) is 4.98 Å². The quantitative estimate of drug-likeness (QED) is 0.428. The maximum atomic E-state index is 6.64. The van der Waals surface area contributed by atoms with E-state index in [0.717, 1.165) is 23.5 Å². The number of halogens is 2. The van der Waals surface area contributed by atoms with Crippen LogP contribution in [0.15, 0.2) is 18.3 Å². The van der Waals surface area contributed by atoms with Gasteiger partial charge in [0.05, 0.1) is 53.7 Å². The first-order chi connectivity index (χ1) is 16.7. The van der Waals surface area contributed by atoms with E-state index in [4.69, 9.17) is 47.4 Å². The Bertz CT molecular complexity index is 1140. The van der Waals surface area contributed by atoms with Crippen molar-refractivity contribution in [1.82, 2.24) is 15.0 Å². The number of ether oxygens (including phenoxy) is 4. The zero-order valence-corrected chi connectivity index (χ0v) is 22.7. The molecule has 2 atom stereocenters. The summed E-state index contributed by atoms with van der Waals surface area (Å²) in [5, 5.41) is 1.56. The summed E-state index contributed by atoms with van der Waals surface area (Å²) in [6.07, 6.45) is 1.89. The van der Waals surface area contributed by atoms with Crippen molar-refractivity contribution in [3.63, 3.8) is 0 Å². The van der Waals surface area contributed by atoms with Crippen LogP contribution < -0.4 is 14.4 Å². The summed E-state index contributed by atoms with van der Waals surface area (Å²) in [5.41, 5.74) is 2.04. The van der Waals surface area contributed by atoms with E-state index < -0.39 is 0 Å². The highest BCUT2D eigenvalue weighted by molar-refractivity contribution is 6.41. The molecule has 0 spiro atoms. The largest absolute Gasteiger partial charge is 0.495 e. The van der Waals surface area contributed by atoms with E-state index in [1.807, 2.05) is 19.9 Å². The fourth-order valence-corrected chi connectivity index (χ4v) is 4.58. The number of rotatable bonds is 5. The molecule has 8 nitrogen and oxygen atoms in total. The third-order valence-electron chi connectivity index (χ3n) is 5.50. The van der Waals surface area contributed by atoms with Crippen LogP contribution in [0.1, 0.15) is 26.5 Å². The van der Waals surface area contributed by atoms with Gasteiger partial charge in [0.25, 0.3) is 0 Å². The number of aryl methyl sites for hydroxylation is 1. The Hall–Kier alpha value is -2.39. The topological polar surface area (TPSA) is 78.8 Å². The van der Waals surface area contributed by atoms with Gasteiger partial charge in [-0.15, -0.1) is 0 Å². The third kappa shape index (κ3) is 6.06. The molecule has 35 heavy (non-hydrogen) atoms. The molecule has 0 amide bonds. The summed E-state index contributed by atoms with van der Waals surface area (Å²) in [6, 6.07) is 3.64. The van der Waals surface area contributed by atoms with Crippen LogP contribution in [-0.2, 0) is 9.47 Å². The third-order valence-corrected chi connectivity index (χ3v) is 6.25. The van der Waals surface area contributed by atoms with Crippen molar-refractivity contribution < 1.29 is 18.9 Å². The molecule has 1 aliphatic rings. The minimum atomic E-state index is 0.0734. The van der Waals surface area contributed by atoms with E-state index in [9.17, 15) is 0 Å². The Morgan fingerprint density at radius 1 is 1.00 bits per heavy atom. The number of hydrogen-bond donors (Lipinski definition) is 0. The van der Waals surface area contributed by atoms with Crippen molar-refractivity contribution in [2.75, 3.05) is 45.9 Å². The van der Waals surface area contributed by atoms with Crippen LogP contribution in [0.5, 0.6) is 11.5 Å². The van der Waals surface area contributed by atoms with Crippen LogP contribution in [0.25, 0.3) is 22.3 Å². The molecule has 1 saturated heterocycles. The van der Waals surface area contributed by atoms with Crippen molar-refractivity contribution in [3.8, 4) is 22.9 Å². The summed E-state index contributed by atoms with van der Waals surface area (Å²) < 4.78 is 21.3. The number of nitrogens with zero attached hydrogens (tertiary/aromatic N) is 4. The van der Waals surface area contributed by atoms with E-state index in [0.29, 0.717) is 51.5 Å². The number of anilines is 1. The lowest BCUT2D eigenvalue weighted by molar-refractivity contribution is -0.00536. The molecule has 2 unspecified atom stereocenters. The van der Waals surface area contributed by atoms with Gasteiger partial charge in [0.2, 0.25) is 0 Å². The van der Waals surface area contributed by atoms with Gasteiger partial charge in [-0.1, -0.05) is 23.2 Å². The van der Waals surface area contributed by atoms with Crippen LogP contribution in [0.2, 0.25) is 10.0 Å². The van der Waals surface area contributed by atoms with Crippen LogP contribution in [0, 0.1) is 6.92 Å². The predicted molar refractivity (Wildman–Crippen MR) is 140 cm³/mol. The molecule has 3 heterocycles. The number of benzene rings is 1. The average Bonchev–Trinajstić information content (AvgIpc) is 2.83. The van der Waals surface area contributed by atoms with E-state index >= 15 is 0 Å². The lowest BCUT2D eigenvalue weighted by atomic mass is 10.1. The highest BCUT2D eigenvalue weighted by Crippen LogP contribution is 2.45. The van der Waals surface area contributed by atoms with Crippen LogP contribution in [0.3, 0.4) is 0 Å². The SMILES string of the molecule is CCOC.COc1cc(OC)c(Cl)c(-c2nc(N3CC(C)OC(C)C3)c3cc(C)ncc3n2)c1Cl. The molecular formula is C25H32Cl2N4O4. The van der Waals surface area contributed by atoms with E-state index in [1.54, 1.807) is 19.4 Å². The maximum absolute atomic E-state index is 6.64. The molecule has 2 aromatic heterocycles. The Labute approximate surface area is 216 Å². The smallest absolute Gasteiger partial charge is 0.165 e. The molecule has 1 aliphatic heterocycles. The zero-order valence-electron chi connectivity index (χ0n) is 21.2. The van der Waals surface area contributed by atoms with E-state index in [1.165, 1.54) is 14.2 Å². The van der Waals surface area contributed by atoms with Crippen molar-refractivity contribution >= 4 is 39.9 Å². The molecular weight excluding hydrogens is 491 g/mol. The van der Waals surface area contributed by atoms with E-state index in [-0.39, 0.29) is 12.2 Å². The highest BCUT2D eigenvalue weighted by atomic mass is 35.5. The van der Waals surface area contributed by atoms with Crippen molar-refractivity contribution in [1.29, 1.82) is 0 Å². The van der Waals surface area contributed by atoms with Gasteiger partial charge in [-0.2, -0.15) is 0 Å². The van der Waals surface area contributed by atoms with Gasteiger partial charge in [-0.05, 0) is 33.8 Å². The maximum Gasteiger partial charge on any atom is 0.165 e. The van der Waals surface area contributed by atoms with Gasteiger partial charge in [0.1, 0.15) is 17.3 Å². The Morgan fingerprint density at radius 2 is 1.57 bits per heavy atom. The molecule has 0 bridgehead atoms. The summed E-state index contributed by atoms with van der Waals surface area (Å²) >= 11 is 13.3. The van der Waals surface area contributed by atoms with Crippen molar-refractivity contribution in [2.45, 2.75) is 39.9 Å². The molecule has 0 aliphatic carbocycles. The average molecular weight is 523 g/mol. The van der Waals surface area contributed by atoms with Crippen LogP contribution in [-0.4, -0.2) is 68.2 Å². The standard InChI is InChI=1S/C22H24Cl2N4O3.C3H8O/c1-11-6-14-15(8-25-11)26-21(27-22(14)28-9-12(2)31-13(3)10-28)18-19(23)16(29-4)7-17(30-5)20(18)24;1-3-4-2/h6-8,12-13H,9-10H2,1-5H3;3H2,1-2H3. The van der Waals surface area contributed by atoms with Crippen LogP contribution >= 0.6 is 23.2 Å². The minimum Gasteiger partial charge on any atom is -0.495 e. The molecule has 0 N–H and O–H groups in total. The lowest BCUT2D eigenvalue weighted by Crippen LogP contribution is -2.46. The first-order valence-electron chi connectivity index (χ1n) is 11.4. The summed E-state index contributed by atoms with van der Waals surface area (Å²) in [6.45, 7) is 10.3. The summed E-state index contributed by atoms with van der Waals surface area (Å²) in [4.78, 5) is 16.3. The van der Waals surface area contributed by atoms with Gasteiger partial charge in [0.15, 0.2) is 5.82 Å². The molecule has 0 saturated carbocycles. The second-order valence-electron chi connectivity index (χ2n) is 8.24.